The third kappa shape index (κ3) is 2.39. The first-order valence-corrected chi connectivity index (χ1v) is 4.62. The van der Waals surface area contributed by atoms with Gasteiger partial charge in [0.25, 0.3) is 0 Å². The molecule has 84 valence electrons. The maximum absolute atomic E-state index is 12.7. The molecule has 0 spiro atoms. The van der Waals surface area contributed by atoms with Gasteiger partial charge in [-0.15, -0.1) is 0 Å². The SMILES string of the molecule is COc1cc(CF)c(C(C)O)cc1OC. The van der Waals surface area contributed by atoms with Gasteiger partial charge in [-0.25, -0.2) is 4.39 Å². The van der Waals surface area contributed by atoms with Crippen LogP contribution >= 0.6 is 0 Å². The van der Waals surface area contributed by atoms with Crippen molar-refractivity contribution in [3.05, 3.63) is 23.3 Å². The van der Waals surface area contributed by atoms with Gasteiger partial charge in [0.05, 0.1) is 20.3 Å². The zero-order valence-electron chi connectivity index (χ0n) is 9.08. The first-order valence-electron chi connectivity index (χ1n) is 4.62. The standard InChI is InChI=1S/C11H15FO3/c1-7(13)9-5-11(15-3)10(14-2)4-8(9)6-12/h4-5,7,13H,6H2,1-3H3. The fourth-order valence-electron chi connectivity index (χ4n) is 1.44. The van der Waals surface area contributed by atoms with Crippen LogP contribution in [0.4, 0.5) is 4.39 Å². The molecule has 0 aliphatic rings. The van der Waals surface area contributed by atoms with Crippen molar-refractivity contribution in [2.75, 3.05) is 14.2 Å². The van der Waals surface area contributed by atoms with E-state index in [-0.39, 0.29) is 0 Å². The van der Waals surface area contributed by atoms with Gasteiger partial charge < -0.3 is 14.6 Å². The lowest BCUT2D eigenvalue weighted by Crippen LogP contribution is -2.00. The molecule has 0 amide bonds. The smallest absolute Gasteiger partial charge is 0.161 e. The monoisotopic (exact) mass is 214 g/mol. The number of alkyl halides is 1. The van der Waals surface area contributed by atoms with Crippen molar-refractivity contribution in [1.82, 2.24) is 0 Å². The maximum Gasteiger partial charge on any atom is 0.161 e. The molecule has 0 aliphatic heterocycles. The lowest BCUT2D eigenvalue weighted by molar-refractivity contribution is 0.196. The summed E-state index contributed by atoms with van der Waals surface area (Å²) in [5.41, 5.74) is 0.942. The predicted molar refractivity (Wildman–Crippen MR) is 55.0 cm³/mol. The number of halogens is 1. The highest BCUT2D eigenvalue weighted by atomic mass is 19.1. The molecule has 1 atom stereocenters. The lowest BCUT2D eigenvalue weighted by atomic mass is 10.0. The molecule has 0 saturated carbocycles. The zero-order chi connectivity index (χ0) is 11.4. The molecule has 1 aromatic rings. The van der Waals surface area contributed by atoms with Crippen molar-refractivity contribution in [3.8, 4) is 11.5 Å². The van der Waals surface area contributed by atoms with Gasteiger partial charge in [-0.1, -0.05) is 0 Å². The third-order valence-electron chi connectivity index (χ3n) is 2.24. The third-order valence-corrected chi connectivity index (χ3v) is 2.24. The largest absolute Gasteiger partial charge is 0.493 e. The molecule has 1 rings (SSSR count). The Balaban J connectivity index is 3.27. The Labute approximate surface area is 88.4 Å². The highest BCUT2D eigenvalue weighted by Gasteiger charge is 2.13. The summed E-state index contributed by atoms with van der Waals surface area (Å²) in [6.07, 6.45) is -0.726. The summed E-state index contributed by atoms with van der Waals surface area (Å²) in [6, 6.07) is 3.14. The van der Waals surface area contributed by atoms with Gasteiger partial charge >= 0.3 is 0 Å². The van der Waals surface area contributed by atoms with E-state index in [0.29, 0.717) is 22.6 Å². The van der Waals surface area contributed by atoms with Crippen LogP contribution in [0.25, 0.3) is 0 Å². The molecular weight excluding hydrogens is 199 g/mol. The molecule has 0 aliphatic carbocycles. The first kappa shape index (κ1) is 11.8. The molecule has 0 aromatic heterocycles. The fraction of sp³-hybridized carbons (Fsp3) is 0.455. The Bertz CT molecular complexity index is 337. The molecular formula is C11H15FO3. The average Bonchev–Trinajstić information content (AvgIpc) is 2.26. The second kappa shape index (κ2) is 4.98. The number of benzene rings is 1. The van der Waals surface area contributed by atoms with Crippen LogP contribution in [0, 0.1) is 0 Å². The Hall–Kier alpha value is -1.29. The molecule has 1 N–H and O–H groups in total. The summed E-state index contributed by atoms with van der Waals surface area (Å²) in [6.45, 7) is 0.945. The second-order valence-electron chi connectivity index (χ2n) is 3.22. The van der Waals surface area contributed by atoms with Crippen molar-refractivity contribution in [2.45, 2.75) is 19.7 Å². The maximum atomic E-state index is 12.7. The van der Waals surface area contributed by atoms with Crippen LogP contribution in [0.5, 0.6) is 11.5 Å². The Morgan fingerprint density at radius 2 is 1.80 bits per heavy atom. The average molecular weight is 214 g/mol. The van der Waals surface area contributed by atoms with Crippen LogP contribution in [-0.2, 0) is 6.67 Å². The van der Waals surface area contributed by atoms with Crippen LogP contribution in [0.2, 0.25) is 0 Å². The minimum absolute atomic E-state index is 0.419. The quantitative estimate of drug-likeness (QED) is 0.835. The molecule has 1 aromatic carbocycles. The van der Waals surface area contributed by atoms with Crippen molar-refractivity contribution < 1.29 is 19.0 Å². The van der Waals surface area contributed by atoms with Crippen LogP contribution < -0.4 is 9.47 Å². The predicted octanol–water partition coefficient (Wildman–Crippen LogP) is 2.23. The van der Waals surface area contributed by atoms with E-state index >= 15 is 0 Å². The van der Waals surface area contributed by atoms with E-state index in [1.165, 1.54) is 14.2 Å². The highest BCUT2D eigenvalue weighted by Crippen LogP contribution is 2.33. The van der Waals surface area contributed by atoms with Gasteiger partial charge in [-0.2, -0.15) is 0 Å². The Morgan fingerprint density at radius 3 is 2.20 bits per heavy atom. The van der Waals surface area contributed by atoms with Gasteiger partial charge in [-0.05, 0) is 30.2 Å². The van der Waals surface area contributed by atoms with Crippen molar-refractivity contribution in [2.24, 2.45) is 0 Å². The number of methoxy groups -OCH3 is 2. The number of hydrogen-bond donors (Lipinski definition) is 1. The van der Waals surface area contributed by atoms with E-state index in [1.54, 1.807) is 19.1 Å². The summed E-state index contributed by atoms with van der Waals surface area (Å²) in [4.78, 5) is 0. The summed E-state index contributed by atoms with van der Waals surface area (Å²) in [5, 5.41) is 9.46. The highest BCUT2D eigenvalue weighted by molar-refractivity contribution is 5.47. The number of aliphatic hydroxyl groups is 1. The molecule has 4 heteroatoms. The van der Waals surface area contributed by atoms with E-state index in [4.69, 9.17) is 9.47 Å². The van der Waals surface area contributed by atoms with E-state index in [9.17, 15) is 9.50 Å². The van der Waals surface area contributed by atoms with Crippen molar-refractivity contribution in [3.63, 3.8) is 0 Å². The summed E-state index contributed by atoms with van der Waals surface area (Å²) in [5.74, 6) is 0.958. The molecule has 0 bridgehead atoms. The van der Waals surface area contributed by atoms with E-state index < -0.39 is 12.8 Å². The van der Waals surface area contributed by atoms with E-state index in [1.807, 2.05) is 0 Å². The molecule has 0 saturated heterocycles. The molecule has 3 nitrogen and oxygen atoms in total. The van der Waals surface area contributed by atoms with Crippen LogP contribution in [-0.4, -0.2) is 19.3 Å². The molecule has 0 radical (unpaired) electrons. The summed E-state index contributed by atoms with van der Waals surface area (Å²) < 4.78 is 22.8. The van der Waals surface area contributed by atoms with Crippen molar-refractivity contribution >= 4 is 0 Å². The van der Waals surface area contributed by atoms with Gasteiger partial charge in [0.1, 0.15) is 6.67 Å². The Kier molecular flexibility index (Phi) is 3.91. The molecule has 1 unspecified atom stereocenters. The second-order valence-corrected chi connectivity index (χ2v) is 3.22. The normalized spacial score (nSPS) is 12.3. The van der Waals surface area contributed by atoms with E-state index in [2.05, 4.69) is 0 Å². The minimum atomic E-state index is -0.726. The van der Waals surface area contributed by atoms with Crippen LogP contribution in [0.1, 0.15) is 24.2 Å². The van der Waals surface area contributed by atoms with E-state index in [0.717, 1.165) is 0 Å². The topological polar surface area (TPSA) is 38.7 Å². The summed E-state index contributed by atoms with van der Waals surface area (Å²) in [7, 11) is 2.99. The summed E-state index contributed by atoms with van der Waals surface area (Å²) >= 11 is 0. The van der Waals surface area contributed by atoms with Gasteiger partial charge in [0.15, 0.2) is 11.5 Å². The number of aliphatic hydroxyl groups excluding tert-OH is 1. The van der Waals surface area contributed by atoms with Crippen LogP contribution in [0.3, 0.4) is 0 Å². The van der Waals surface area contributed by atoms with Gasteiger partial charge in [-0.3, -0.25) is 0 Å². The van der Waals surface area contributed by atoms with Gasteiger partial charge in [0, 0.05) is 0 Å². The number of hydrogen-bond acceptors (Lipinski definition) is 3. The minimum Gasteiger partial charge on any atom is -0.493 e. The molecule has 0 heterocycles. The lowest BCUT2D eigenvalue weighted by Gasteiger charge is -2.14. The molecule has 0 fully saturated rings. The zero-order valence-corrected chi connectivity index (χ0v) is 9.08. The van der Waals surface area contributed by atoms with Crippen LogP contribution in [0.15, 0.2) is 12.1 Å². The molecule has 15 heavy (non-hydrogen) atoms. The number of rotatable bonds is 4. The van der Waals surface area contributed by atoms with Gasteiger partial charge in [0.2, 0.25) is 0 Å². The Morgan fingerprint density at radius 1 is 1.27 bits per heavy atom. The van der Waals surface area contributed by atoms with Crippen molar-refractivity contribution in [1.29, 1.82) is 0 Å². The first-order chi connectivity index (χ1) is 7.13. The fourth-order valence-corrected chi connectivity index (χ4v) is 1.44. The number of ether oxygens (including phenoxy) is 2.